The number of nitrogens with zero attached hydrogens (tertiary/aromatic N) is 3. The number of aromatic amines is 1. The molecule has 2 saturated heterocycles. The van der Waals surface area contributed by atoms with Crippen molar-refractivity contribution in [2.75, 3.05) is 26.2 Å². The van der Waals surface area contributed by atoms with Crippen LogP contribution < -0.4 is 0 Å². The van der Waals surface area contributed by atoms with E-state index in [1.54, 1.807) is 6.92 Å². The minimum atomic E-state index is -0.984. The number of imidazole rings is 1. The van der Waals surface area contributed by atoms with Gasteiger partial charge in [-0.05, 0) is 37.5 Å². The lowest BCUT2D eigenvalue weighted by Crippen LogP contribution is -2.45. The molecule has 2 aliphatic heterocycles. The number of alkyl halides is 1. The Hall–Kier alpha value is -1.99. The molecule has 0 aliphatic carbocycles. The van der Waals surface area contributed by atoms with Gasteiger partial charge in [-0.2, -0.15) is 0 Å². The van der Waals surface area contributed by atoms with Crippen LogP contribution in [0.3, 0.4) is 0 Å². The Labute approximate surface area is 158 Å². The molecule has 0 bridgehead atoms. The lowest BCUT2D eigenvalue weighted by atomic mass is 10.0. The van der Waals surface area contributed by atoms with Crippen molar-refractivity contribution in [1.82, 2.24) is 19.8 Å². The largest absolute Gasteiger partial charge is 0.366 e. The van der Waals surface area contributed by atoms with E-state index >= 15 is 0 Å². The van der Waals surface area contributed by atoms with Crippen LogP contribution in [0, 0.1) is 6.92 Å². The van der Waals surface area contributed by atoms with Gasteiger partial charge in [0.25, 0.3) is 0 Å². The fourth-order valence-electron chi connectivity index (χ4n) is 4.19. The van der Waals surface area contributed by atoms with Crippen LogP contribution in [0.2, 0.25) is 0 Å². The number of likely N-dealkylation sites (tertiary alicyclic amines) is 2. The maximum atomic E-state index is 14.5. The molecule has 3 heterocycles. The molecule has 6 nitrogen and oxygen atoms in total. The fraction of sp³-hybridized carbons (Fsp3) is 0.600. The van der Waals surface area contributed by atoms with Gasteiger partial charge in [-0.25, -0.2) is 9.37 Å². The van der Waals surface area contributed by atoms with Crippen molar-refractivity contribution in [3.8, 4) is 0 Å². The van der Waals surface area contributed by atoms with E-state index in [-0.39, 0.29) is 12.5 Å². The SMILES string of the molecule is CC(=O)N1CCC(N2CC(F)C(OCc3nc4ccc(C)cc4[nH]3)C2)CC1. The second-order valence-corrected chi connectivity index (χ2v) is 7.76. The summed E-state index contributed by atoms with van der Waals surface area (Å²) in [5.41, 5.74) is 3.06. The molecule has 1 aromatic heterocycles. The number of H-pyrrole nitrogens is 1. The Morgan fingerprint density at radius 2 is 2.11 bits per heavy atom. The molecule has 7 heteroatoms. The van der Waals surface area contributed by atoms with Gasteiger partial charge in [0.15, 0.2) is 0 Å². The van der Waals surface area contributed by atoms with Crippen LogP contribution in [0.1, 0.15) is 31.2 Å². The summed E-state index contributed by atoms with van der Waals surface area (Å²) < 4.78 is 20.4. The molecule has 2 aliphatic rings. The fourth-order valence-corrected chi connectivity index (χ4v) is 4.19. The van der Waals surface area contributed by atoms with Crippen molar-refractivity contribution in [3.63, 3.8) is 0 Å². The average Bonchev–Trinajstić information content (AvgIpc) is 3.22. The molecule has 1 N–H and O–H groups in total. The van der Waals surface area contributed by atoms with E-state index in [1.165, 1.54) is 5.56 Å². The number of halogens is 1. The Kier molecular flexibility index (Phi) is 5.14. The van der Waals surface area contributed by atoms with Crippen LogP contribution in [0.5, 0.6) is 0 Å². The van der Waals surface area contributed by atoms with E-state index in [2.05, 4.69) is 20.9 Å². The van der Waals surface area contributed by atoms with Gasteiger partial charge < -0.3 is 14.6 Å². The van der Waals surface area contributed by atoms with Gasteiger partial charge in [0.2, 0.25) is 5.91 Å². The highest BCUT2D eigenvalue weighted by Gasteiger charge is 2.38. The van der Waals surface area contributed by atoms with Gasteiger partial charge in [0, 0.05) is 39.1 Å². The highest BCUT2D eigenvalue weighted by Crippen LogP contribution is 2.25. The van der Waals surface area contributed by atoms with Gasteiger partial charge in [-0.1, -0.05) is 6.07 Å². The predicted molar refractivity (Wildman–Crippen MR) is 101 cm³/mol. The van der Waals surface area contributed by atoms with Crippen molar-refractivity contribution in [2.24, 2.45) is 0 Å². The number of benzene rings is 1. The summed E-state index contributed by atoms with van der Waals surface area (Å²) in [4.78, 5) is 23.3. The Morgan fingerprint density at radius 3 is 2.85 bits per heavy atom. The van der Waals surface area contributed by atoms with E-state index in [4.69, 9.17) is 4.74 Å². The minimum absolute atomic E-state index is 0.125. The molecule has 1 amide bonds. The van der Waals surface area contributed by atoms with Crippen LogP contribution in [0.25, 0.3) is 11.0 Å². The van der Waals surface area contributed by atoms with E-state index in [0.717, 1.165) is 42.8 Å². The number of ether oxygens (including phenoxy) is 1. The lowest BCUT2D eigenvalue weighted by Gasteiger charge is -2.36. The van der Waals surface area contributed by atoms with Crippen molar-refractivity contribution in [1.29, 1.82) is 0 Å². The van der Waals surface area contributed by atoms with Gasteiger partial charge in [0.05, 0.1) is 11.0 Å². The first-order chi connectivity index (χ1) is 13.0. The number of piperidine rings is 1. The van der Waals surface area contributed by atoms with Crippen LogP contribution in [0.4, 0.5) is 4.39 Å². The van der Waals surface area contributed by atoms with E-state index in [1.807, 2.05) is 24.0 Å². The molecule has 0 saturated carbocycles. The topological polar surface area (TPSA) is 61.5 Å². The number of amides is 1. The number of aromatic nitrogens is 2. The van der Waals surface area contributed by atoms with Crippen molar-refractivity contribution in [3.05, 3.63) is 29.6 Å². The Morgan fingerprint density at radius 1 is 1.33 bits per heavy atom. The number of aryl methyl sites for hydroxylation is 1. The molecule has 146 valence electrons. The molecule has 1 aromatic carbocycles. The van der Waals surface area contributed by atoms with Crippen molar-refractivity contribution >= 4 is 16.9 Å². The Bertz CT molecular complexity index is 815. The molecular formula is C20H27FN4O2. The Balaban J connectivity index is 1.31. The van der Waals surface area contributed by atoms with Gasteiger partial charge in [0.1, 0.15) is 24.7 Å². The molecular weight excluding hydrogens is 347 g/mol. The standard InChI is InChI=1S/C20H27FN4O2/c1-13-3-4-17-18(9-13)23-20(22-17)12-27-19-11-25(10-16(19)21)15-5-7-24(8-6-15)14(2)26/h3-4,9,15-16,19H,5-8,10-12H2,1-2H3,(H,22,23). The first-order valence-electron chi connectivity index (χ1n) is 9.70. The second-order valence-electron chi connectivity index (χ2n) is 7.76. The first-order valence-corrected chi connectivity index (χ1v) is 9.70. The number of hydrogen-bond acceptors (Lipinski definition) is 4. The summed E-state index contributed by atoms with van der Waals surface area (Å²) in [6, 6.07) is 6.39. The van der Waals surface area contributed by atoms with Crippen LogP contribution in [-0.4, -0.2) is 70.2 Å². The molecule has 0 spiro atoms. The number of nitrogens with one attached hydrogen (secondary N) is 1. The molecule has 2 fully saturated rings. The quantitative estimate of drug-likeness (QED) is 0.893. The number of rotatable bonds is 4. The number of carbonyl (C=O) groups is 1. The third-order valence-electron chi connectivity index (χ3n) is 5.77. The zero-order chi connectivity index (χ0) is 19.0. The van der Waals surface area contributed by atoms with Gasteiger partial charge in [-0.3, -0.25) is 9.69 Å². The van der Waals surface area contributed by atoms with Crippen LogP contribution in [-0.2, 0) is 16.1 Å². The highest BCUT2D eigenvalue weighted by molar-refractivity contribution is 5.75. The second kappa shape index (κ2) is 7.56. The zero-order valence-electron chi connectivity index (χ0n) is 15.9. The average molecular weight is 374 g/mol. The van der Waals surface area contributed by atoms with Crippen LogP contribution in [0.15, 0.2) is 18.2 Å². The molecule has 0 radical (unpaired) electrons. The first kappa shape index (κ1) is 18.4. The monoisotopic (exact) mass is 374 g/mol. The zero-order valence-corrected chi connectivity index (χ0v) is 15.9. The molecule has 2 atom stereocenters. The van der Waals surface area contributed by atoms with Crippen molar-refractivity contribution in [2.45, 2.75) is 51.6 Å². The molecule has 2 unspecified atom stereocenters. The molecule has 27 heavy (non-hydrogen) atoms. The molecule has 4 rings (SSSR count). The summed E-state index contributed by atoms with van der Waals surface area (Å²) in [7, 11) is 0. The summed E-state index contributed by atoms with van der Waals surface area (Å²) in [6.45, 7) is 6.47. The van der Waals surface area contributed by atoms with Gasteiger partial charge in [-0.15, -0.1) is 0 Å². The maximum Gasteiger partial charge on any atom is 0.219 e. The normalized spacial score (nSPS) is 24.8. The third kappa shape index (κ3) is 3.99. The summed E-state index contributed by atoms with van der Waals surface area (Å²) in [5.74, 6) is 0.858. The molecule has 2 aromatic rings. The van der Waals surface area contributed by atoms with E-state index in [0.29, 0.717) is 19.1 Å². The van der Waals surface area contributed by atoms with E-state index in [9.17, 15) is 9.18 Å². The van der Waals surface area contributed by atoms with Crippen LogP contribution >= 0.6 is 0 Å². The number of carbonyl (C=O) groups excluding carboxylic acids is 1. The number of fused-ring (bicyclic) bond motifs is 1. The maximum absolute atomic E-state index is 14.5. The van der Waals surface area contributed by atoms with Crippen molar-refractivity contribution < 1.29 is 13.9 Å². The summed E-state index contributed by atoms with van der Waals surface area (Å²) >= 11 is 0. The minimum Gasteiger partial charge on any atom is -0.366 e. The predicted octanol–water partition coefficient (Wildman–Crippen LogP) is 2.42. The smallest absolute Gasteiger partial charge is 0.219 e. The summed E-state index contributed by atoms with van der Waals surface area (Å²) in [6.07, 6.45) is 0.400. The van der Waals surface area contributed by atoms with Gasteiger partial charge >= 0.3 is 0 Å². The summed E-state index contributed by atoms with van der Waals surface area (Å²) in [5, 5.41) is 0. The van der Waals surface area contributed by atoms with E-state index < -0.39 is 12.3 Å². The third-order valence-corrected chi connectivity index (χ3v) is 5.77. The number of hydrogen-bond donors (Lipinski definition) is 1. The lowest BCUT2D eigenvalue weighted by molar-refractivity contribution is -0.130. The highest BCUT2D eigenvalue weighted by atomic mass is 19.1.